The van der Waals surface area contributed by atoms with Gasteiger partial charge in [-0.2, -0.15) is 4.31 Å². The second-order valence-electron chi connectivity index (χ2n) is 4.64. The maximum atomic E-state index is 12.6. The van der Waals surface area contributed by atoms with Crippen LogP contribution in [0.4, 0.5) is 0 Å². The summed E-state index contributed by atoms with van der Waals surface area (Å²) in [6, 6.07) is 6.09. The van der Waals surface area contributed by atoms with Gasteiger partial charge in [-0.15, -0.1) is 0 Å². The number of carbonyl (C=O) groups is 1. The van der Waals surface area contributed by atoms with E-state index >= 15 is 0 Å². The Morgan fingerprint density at radius 1 is 1.32 bits per heavy atom. The maximum Gasteiger partial charge on any atom is 0.243 e. The third kappa shape index (κ3) is 2.64. The van der Waals surface area contributed by atoms with Crippen LogP contribution in [-0.2, 0) is 14.8 Å². The van der Waals surface area contributed by atoms with E-state index in [-0.39, 0.29) is 10.8 Å². The van der Waals surface area contributed by atoms with Crippen molar-refractivity contribution in [3.05, 3.63) is 29.8 Å². The fourth-order valence-electron chi connectivity index (χ4n) is 2.22. The van der Waals surface area contributed by atoms with Crippen molar-refractivity contribution < 1.29 is 13.2 Å². The van der Waals surface area contributed by atoms with Crippen LogP contribution in [0.1, 0.15) is 18.9 Å². The van der Waals surface area contributed by atoms with E-state index < -0.39 is 16.1 Å². The van der Waals surface area contributed by atoms with Crippen molar-refractivity contribution >= 4 is 15.9 Å². The first kappa shape index (κ1) is 14.0. The summed E-state index contributed by atoms with van der Waals surface area (Å²) in [5, 5.41) is 2.70. The average molecular weight is 282 g/mol. The fourth-order valence-corrected chi connectivity index (χ4v) is 3.88. The van der Waals surface area contributed by atoms with Crippen molar-refractivity contribution in [3.63, 3.8) is 0 Å². The summed E-state index contributed by atoms with van der Waals surface area (Å²) in [5.74, 6) is -0.218. The number of nitrogens with one attached hydrogen (secondary N) is 1. The van der Waals surface area contributed by atoms with Gasteiger partial charge in [-0.3, -0.25) is 4.79 Å². The standard InChI is InChI=1S/C13H18N2O3S/c1-3-12-13(16)14-8-9-15(12)19(17,18)11-6-4-10(2)5-7-11/h4-7,12H,3,8-9H2,1-2H3,(H,14,16). The van der Waals surface area contributed by atoms with E-state index in [1.54, 1.807) is 24.3 Å². The molecule has 1 unspecified atom stereocenters. The summed E-state index contributed by atoms with van der Waals surface area (Å²) in [5.41, 5.74) is 1.00. The lowest BCUT2D eigenvalue weighted by atomic mass is 10.2. The molecule has 1 saturated heterocycles. The topological polar surface area (TPSA) is 66.5 Å². The Labute approximate surface area is 113 Å². The summed E-state index contributed by atoms with van der Waals surface area (Å²) >= 11 is 0. The molecule has 1 atom stereocenters. The van der Waals surface area contributed by atoms with E-state index in [2.05, 4.69) is 5.32 Å². The molecule has 1 N–H and O–H groups in total. The highest BCUT2D eigenvalue weighted by molar-refractivity contribution is 7.89. The quantitative estimate of drug-likeness (QED) is 0.895. The van der Waals surface area contributed by atoms with Gasteiger partial charge in [0.1, 0.15) is 6.04 Å². The molecule has 1 heterocycles. The molecule has 0 radical (unpaired) electrons. The van der Waals surface area contributed by atoms with Crippen LogP contribution in [-0.4, -0.2) is 37.8 Å². The summed E-state index contributed by atoms with van der Waals surface area (Å²) in [7, 11) is -3.60. The molecule has 1 fully saturated rings. The van der Waals surface area contributed by atoms with Crippen molar-refractivity contribution in [1.82, 2.24) is 9.62 Å². The SMILES string of the molecule is CCC1C(=O)NCCN1S(=O)(=O)c1ccc(C)cc1. The molecule has 19 heavy (non-hydrogen) atoms. The van der Waals surface area contributed by atoms with Gasteiger partial charge in [0.25, 0.3) is 0 Å². The van der Waals surface area contributed by atoms with E-state index in [1.165, 1.54) is 4.31 Å². The second kappa shape index (κ2) is 5.30. The first-order valence-electron chi connectivity index (χ1n) is 6.33. The zero-order chi connectivity index (χ0) is 14.0. The van der Waals surface area contributed by atoms with Crippen LogP contribution in [0.5, 0.6) is 0 Å². The summed E-state index contributed by atoms with van der Waals surface area (Å²) < 4.78 is 26.4. The van der Waals surface area contributed by atoms with Crippen molar-refractivity contribution in [2.45, 2.75) is 31.2 Å². The van der Waals surface area contributed by atoms with Crippen LogP contribution in [0.15, 0.2) is 29.2 Å². The Morgan fingerprint density at radius 2 is 1.95 bits per heavy atom. The number of carbonyl (C=O) groups excluding carboxylic acids is 1. The van der Waals surface area contributed by atoms with Crippen molar-refractivity contribution in [3.8, 4) is 0 Å². The van der Waals surface area contributed by atoms with Gasteiger partial charge in [-0.25, -0.2) is 8.42 Å². The molecule has 6 heteroatoms. The Kier molecular flexibility index (Phi) is 3.91. The van der Waals surface area contributed by atoms with Gasteiger partial charge >= 0.3 is 0 Å². The van der Waals surface area contributed by atoms with Crippen molar-refractivity contribution in [2.75, 3.05) is 13.1 Å². The van der Waals surface area contributed by atoms with Gasteiger partial charge in [-0.1, -0.05) is 24.6 Å². The minimum Gasteiger partial charge on any atom is -0.353 e. The van der Waals surface area contributed by atoms with Crippen LogP contribution >= 0.6 is 0 Å². The lowest BCUT2D eigenvalue weighted by molar-refractivity contribution is -0.126. The normalized spacial score (nSPS) is 21.2. The monoisotopic (exact) mass is 282 g/mol. The third-order valence-corrected chi connectivity index (χ3v) is 5.22. The molecule has 5 nitrogen and oxygen atoms in total. The van der Waals surface area contributed by atoms with Crippen LogP contribution < -0.4 is 5.32 Å². The zero-order valence-electron chi connectivity index (χ0n) is 11.1. The van der Waals surface area contributed by atoms with Crippen LogP contribution in [0.25, 0.3) is 0 Å². The van der Waals surface area contributed by atoms with Crippen molar-refractivity contribution in [1.29, 1.82) is 0 Å². The molecule has 1 aliphatic rings. The van der Waals surface area contributed by atoms with Gasteiger partial charge < -0.3 is 5.32 Å². The number of hydrogen-bond donors (Lipinski definition) is 1. The van der Waals surface area contributed by atoms with E-state index in [0.29, 0.717) is 19.5 Å². The zero-order valence-corrected chi connectivity index (χ0v) is 11.9. The highest BCUT2D eigenvalue weighted by Crippen LogP contribution is 2.21. The number of piperazine rings is 1. The number of nitrogens with zero attached hydrogens (tertiary/aromatic N) is 1. The summed E-state index contributed by atoms with van der Waals surface area (Å²) in [6.07, 6.45) is 0.469. The minimum atomic E-state index is -3.60. The highest BCUT2D eigenvalue weighted by atomic mass is 32.2. The van der Waals surface area contributed by atoms with Crippen molar-refractivity contribution in [2.24, 2.45) is 0 Å². The Hall–Kier alpha value is -1.40. The molecule has 104 valence electrons. The van der Waals surface area contributed by atoms with Crippen LogP contribution in [0.3, 0.4) is 0 Å². The smallest absolute Gasteiger partial charge is 0.243 e. The number of benzene rings is 1. The molecule has 0 saturated carbocycles. The molecular formula is C13H18N2O3S. The predicted molar refractivity (Wildman–Crippen MR) is 72.2 cm³/mol. The molecule has 0 aliphatic carbocycles. The first-order chi connectivity index (χ1) is 8.96. The van der Waals surface area contributed by atoms with Gasteiger partial charge in [0.05, 0.1) is 4.90 Å². The van der Waals surface area contributed by atoms with E-state index in [0.717, 1.165) is 5.56 Å². The van der Waals surface area contributed by atoms with E-state index in [9.17, 15) is 13.2 Å². The molecule has 0 aromatic heterocycles. The molecule has 1 aromatic rings. The lowest BCUT2D eigenvalue weighted by Gasteiger charge is -2.33. The van der Waals surface area contributed by atoms with E-state index in [4.69, 9.17) is 0 Å². The Balaban J connectivity index is 2.37. The fraction of sp³-hybridized carbons (Fsp3) is 0.462. The molecule has 0 bridgehead atoms. The average Bonchev–Trinajstić information content (AvgIpc) is 2.39. The van der Waals surface area contributed by atoms with E-state index in [1.807, 2.05) is 13.8 Å². The number of amides is 1. The largest absolute Gasteiger partial charge is 0.353 e. The number of rotatable bonds is 3. The number of sulfonamides is 1. The molecule has 1 aromatic carbocycles. The molecule has 2 rings (SSSR count). The van der Waals surface area contributed by atoms with Crippen LogP contribution in [0, 0.1) is 6.92 Å². The summed E-state index contributed by atoms with van der Waals surface area (Å²) in [6.45, 7) is 4.40. The Morgan fingerprint density at radius 3 is 2.53 bits per heavy atom. The number of hydrogen-bond acceptors (Lipinski definition) is 3. The lowest BCUT2D eigenvalue weighted by Crippen LogP contribution is -2.56. The van der Waals surface area contributed by atoms with Gasteiger partial charge in [0.2, 0.25) is 15.9 Å². The molecule has 1 aliphatic heterocycles. The first-order valence-corrected chi connectivity index (χ1v) is 7.77. The van der Waals surface area contributed by atoms with Crippen LogP contribution in [0.2, 0.25) is 0 Å². The molecule has 1 amide bonds. The third-order valence-electron chi connectivity index (χ3n) is 3.30. The second-order valence-corrected chi connectivity index (χ2v) is 6.53. The predicted octanol–water partition coefficient (Wildman–Crippen LogP) is 0.894. The molecule has 0 spiro atoms. The molecular weight excluding hydrogens is 264 g/mol. The van der Waals surface area contributed by atoms with Gasteiger partial charge in [-0.05, 0) is 25.5 Å². The highest BCUT2D eigenvalue weighted by Gasteiger charge is 2.37. The van der Waals surface area contributed by atoms with Gasteiger partial charge in [0, 0.05) is 13.1 Å². The minimum absolute atomic E-state index is 0.218. The summed E-state index contributed by atoms with van der Waals surface area (Å²) in [4.78, 5) is 12.0. The Bertz CT molecular complexity index is 566. The number of aryl methyl sites for hydroxylation is 1. The maximum absolute atomic E-state index is 12.6. The van der Waals surface area contributed by atoms with Gasteiger partial charge in [0.15, 0.2) is 0 Å².